The molecule has 0 saturated heterocycles. The van der Waals surface area contributed by atoms with Crippen LogP contribution < -0.4 is 5.32 Å². The normalized spacial score (nSPS) is 10.7. The molecule has 0 aliphatic carbocycles. The van der Waals surface area contributed by atoms with Crippen molar-refractivity contribution in [1.29, 1.82) is 0 Å². The molecule has 1 N–H and O–H groups in total. The van der Waals surface area contributed by atoms with Gasteiger partial charge in [0.15, 0.2) is 0 Å². The first kappa shape index (κ1) is 11.3. The van der Waals surface area contributed by atoms with Crippen LogP contribution in [0.4, 0.5) is 0 Å². The molecule has 0 aliphatic heterocycles. The number of hydrogen-bond donors (Lipinski definition) is 1. The molecule has 1 rings (SSSR count). The van der Waals surface area contributed by atoms with Gasteiger partial charge in [-0.2, -0.15) is 0 Å². The van der Waals surface area contributed by atoms with E-state index < -0.39 is 0 Å². The predicted octanol–water partition coefficient (Wildman–Crippen LogP) is 1.63. The van der Waals surface area contributed by atoms with Crippen molar-refractivity contribution in [3.63, 3.8) is 0 Å². The van der Waals surface area contributed by atoms with Gasteiger partial charge in [-0.25, -0.2) is 0 Å². The van der Waals surface area contributed by atoms with Crippen LogP contribution >= 0.6 is 0 Å². The van der Waals surface area contributed by atoms with Gasteiger partial charge in [-0.15, -0.1) is 0 Å². The van der Waals surface area contributed by atoms with E-state index in [-0.39, 0.29) is 0 Å². The lowest BCUT2D eigenvalue weighted by atomic mass is 10.3. The first-order valence-corrected chi connectivity index (χ1v) is 5.30. The minimum Gasteiger partial charge on any atom is -0.380 e. The highest BCUT2D eigenvalue weighted by molar-refractivity contribution is 5.09. The van der Waals surface area contributed by atoms with Crippen LogP contribution in [-0.2, 0) is 17.8 Å². The molecule has 80 valence electrons. The van der Waals surface area contributed by atoms with Crippen LogP contribution in [0.15, 0.2) is 18.5 Å². The Morgan fingerprint density at radius 3 is 3.00 bits per heavy atom. The fraction of sp³-hybridized carbons (Fsp3) is 0.636. The highest BCUT2D eigenvalue weighted by Crippen LogP contribution is 2.00. The van der Waals surface area contributed by atoms with E-state index in [9.17, 15) is 0 Å². The minimum absolute atomic E-state index is 0.797. The molecule has 0 atom stereocenters. The number of aromatic nitrogens is 1. The van der Waals surface area contributed by atoms with Gasteiger partial charge in [0.25, 0.3) is 0 Å². The summed E-state index contributed by atoms with van der Waals surface area (Å²) in [5.74, 6) is 0. The smallest absolute Gasteiger partial charge is 0.0645 e. The van der Waals surface area contributed by atoms with E-state index in [1.165, 1.54) is 5.56 Å². The molecular formula is C11H20N2O. The molecule has 0 aliphatic rings. The lowest BCUT2D eigenvalue weighted by Gasteiger charge is -2.02. The Morgan fingerprint density at radius 2 is 2.29 bits per heavy atom. The molecule has 1 aromatic heterocycles. The zero-order chi connectivity index (χ0) is 10.2. The molecule has 0 amide bonds. The van der Waals surface area contributed by atoms with Gasteiger partial charge < -0.3 is 14.6 Å². The summed E-state index contributed by atoms with van der Waals surface area (Å²) in [6.45, 7) is 8.65. The lowest BCUT2D eigenvalue weighted by Crippen LogP contribution is -2.11. The third kappa shape index (κ3) is 3.94. The van der Waals surface area contributed by atoms with Crippen LogP contribution in [0.3, 0.4) is 0 Å². The summed E-state index contributed by atoms with van der Waals surface area (Å²) in [4.78, 5) is 0. The number of nitrogens with one attached hydrogen (secondary N) is 1. The summed E-state index contributed by atoms with van der Waals surface area (Å²) < 4.78 is 7.46. The molecule has 1 aromatic rings. The fourth-order valence-electron chi connectivity index (χ4n) is 1.32. The van der Waals surface area contributed by atoms with Gasteiger partial charge in [0, 0.05) is 32.1 Å². The van der Waals surface area contributed by atoms with E-state index >= 15 is 0 Å². The largest absolute Gasteiger partial charge is 0.380 e. The number of rotatable bonds is 7. The highest BCUT2D eigenvalue weighted by Gasteiger charge is 1.95. The van der Waals surface area contributed by atoms with Gasteiger partial charge in [0.2, 0.25) is 0 Å². The molecule has 0 fully saturated rings. The molecule has 14 heavy (non-hydrogen) atoms. The van der Waals surface area contributed by atoms with E-state index in [0.29, 0.717) is 0 Å². The topological polar surface area (TPSA) is 26.2 Å². The van der Waals surface area contributed by atoms with E-state index in [0.717, 1.165) is 32.8 Å². The average molecular weight is 196 g/mol. The van der Waals surface area contributed by atoms with Crippen molar-refractivity contribution < 1.29 is 4.74 Å². The molecule has 0 bridgehead atoms. The van der Waals surface area contributed by atoms with E-state index in [2.05, 4.69) is 35.3 Å². The number of hydrogen-bond acceptors (Lipinski definition) is 2. The van der Waals surface area contributed by atoms with Crippen LogP contribution in [0.25, 0.3) is 0 Å². The van der Waals surface area contributed by atoms with Crippen molar-refractivity contribution >= 4 is 0 Å². The summed E-state index contributed by atoms with van der Waals surface area (Å²) >= 11 is 0. The monoisotopic (exact) mass is 196 g/mol. The predicted molar refractivity (Wildman–Crippen MR) is 58.3 cm³/mol. The van der Waals surface area contributed by atoms with Crippen LogP contribution in [0, 0.1) is 0 Å². The Kier molecular flexibility index (Phi) is 5.33. The zero-order valence-electron chi connectivity index (χ0n) is 9.12. The number of nitrogens with zero attached hydrogens (tertiary/aromatic N) is 1. The standard InChI is InChI=1S/C11H20N2O/c1-3-12-9-11-5-6-13(10-11)7-8-14-4-2/h5-6,10,12H,3-4,7-9H2,1-2H3. The second-order valence-electron chi connectivity index (χ2n) is 3.23. The summed E-state index contributed by atoms with van der Waals surface area (Å²) in [7, 11) is 0. The first-order valence-electron chi connectivity index (χ1n) is 5.30. The first-order chi connectivity index (χ1) is 6.86. The van der Waals surface area contributed by atoms with E-state index in [1.54, 1.807) is 0 Å². The van der Waals surface area contributed by atoms with E-state index in [4.69, 9.17) is 4.74 Å². The molecule has 0 aromatic carbocycles. The van der Waals surface area contributed by atoms with Crippen molar-refractivity contribution in [2.75, 3.05) is 19.8 Å². The van der Waals surface area contributed by atoms with Gasteiger partial charge in [0.1, 0.15) is 0 Å². The van der Waals surface area contributed by atoms with Gasteiger partial charge >= 0.3 is 0 Å². The van der Waals surface area contributed by atoms with Crippen LogP contribution in [0.1, 0.15) is 19.4 Å². The Balaban J connectivity index is 2.27. The highest BCUT2D eigenvalue weighted by atomic mass is 16.5. The molecule has 1 heterocycles. The van der Waals surface area contributed by atoms with Crippen molar-refractivity contribution in [2.45, 2.75) is 26.9 Å². The summed E-state index contributed by atoms with van der Waals surface area (Å²) in [6, 6.07) is 2.15. The van der Waals surface area contributed by atoms with Gasteiger partial charge in [-0.1, -0.05) is 6.92 Å². The van der Waals surface area contributed by atoms with Crippen LogP contribution in [0.2, 0.25) is 0 Å². The number of ether oxygens (including phenoxy) is 1. The van der Waals surface area contributed by atoms with Crippen LogP contribution in [-0.4, -0.2) is 24.3 Å². The summed E-state index contributed by atoms with van der Waals surface area (Å²) in [6.07, 6.45) is 4.27. The maximum atomic E-state index is 5.29. The molecule has 3 heteroatoms. The lowest BCUT2D eigenvalue weighted by molar-refractivity contribution is 0.139. The third-order valence-corrected chi connectivity index (χ3v) is 2.09. The SMILES string of the molecule is CCNCc1ccn(CCOCC)c1. The average Bonchev–Trinajstić information content (AvgIpc) is 2.63. The Labute approximate surface area is 86.1 Å². The van der Waals surface area contributed by atoms with Crippen molar-refractivity contribution in [3.05, 3.63) is 24.0 Å². The molecular weight excluding hydrogens is 176 g/mol. The maximum absolute atomic E-state index is 5.29. The molecule has 3 nitrogen and oxygen atoms in total. The summed E-state index contributed by atoms with van der Waals surface area (Å²) in [5.41, 5.74) is 1.34. The Hall–Kier alpha value is -0.800. The zero-order valence-corrected chi connectivity index (χ0v) is 9.12. The molecule has 0 radical (unpaired) electrons. The van der Waals surface area contributed by atoms with Crippen LogP contribution in [0.5, 0.6) is 0 Å². The second kappa shape index (κ2) is 6.62. The molecule has 0 unspecified atom stereocenters. The Morgan fingerprint density at radius 1 is 1.43 bits per heavy atom. The van der Waals surface area contributed by atoms with Crippen molar-refractivity contribution in [2.24, 2.45) is 0 Å². The maximum Gasteiger partial charge on any atom is 0.0645 e. The van der Waals surface area contributed by atoms with E-state index in [1.807, 2.05) is 6.92 Å². The van der Waals surface area contributed by atoms with Crippen molar-refractivity contribution in [1.82, 2.24) is 9.88 Å². The molecule has 0 spiro atoms. The Bertz CT molecular complexity index is 245. The van der Waals surface area contributed by atoms with Gasteiger partial charge in [-0.05, 0) is 25.1 Å². The third-order valence-electron chi connectivity index (χ3n) is 2.09. The van der Waals surface area contributed by atoms with Gasteiger partial charge in [-0.3, -0.25) is 0 Å². The fourth-order valence-corrected chi connectivity index (χ4v) is 1.32. The minimum atomic E-state index is 0.797. The second-order valence-corrected chi connectivity index (χ2v) is 3.23. The quantitative estimate of drug-likeness (QED) is 0.671. The van der Waals surface area contributed by atoms with Gasteiger partial charge in [0.05, 0.1) is 6.61 Å². The summed E-state index contributed by atoms with van der Waals surface area (Å²) in [5, 5.41) is 3.30. The molecule has 0 saturated carbocycles. The van der Waals surface area contributed by atoms with Crippen molar-refractivity contribution in [3.8, 4) is 0 Å².